The van der Waals surface area contributed by atoms with E-state index in [0.717, 1.165) is 31.5 Å². The van der Waals surface area contributed by atoms with Gasteiger partial charge in [0.25, 0.3) is 0 Å². The van der Waals surface area contributed by atoms with Crippen LogP contribution < -0.4 is 4.90 Å². The minimum Gasteiger partial charge on any atom is -0.381 e. The standard InChI is InChI=1S/C21H34N4O/c1-3-17-13-22-20(23-14-17)25-11-4-9-21(16-25)10-12-24(15-21)18-5-7-19(26-2)8-6-18/h13-14,18-19H,3-12,15-16H2,1-2H3/t18-,19-,21-/m1/s1. The molecule has 5 nitrogen and oxygen atoms in total. The van der Waals surface area contributed by atoms with Gasteiger partial charge in [-0.05, 0) is 63.5 Å². The molecule has 26 heavy (non-hydrogen) atoms. The fraction of sp³-hybridized carbons (Fsp3) is 0.810. The topological polar surface area (TPSA) is 41.5 Å². The third-order valence-electron chi connectivity index (χ3n) is 7.01. The van der Waals surface area contributed by atoms with Gasteiger partial charge in [-0.25, -0.2) is 9.97 Å². The molecule has 1 atom stereocenters. The molecule has 0 radical (unpaired) electrons. The summed E-state index contributed by atoms with van der Waals surface area (Å²) >= 11 is 0. The number of ether oxygens (including phenoxy) is 1. The van der Waals surface area contributed by atoms with Crippen molar-refractivity contribution in [1.82, 2.24) is 14.9 Å². The summed E-state index contributed by atoms with van der Waals surface area (Å²) in [6.07, 6.45) is 14.5. The highest BCUT2D eigenvalue weighted by atomic mass is 16.5. The van der Waals surface area contributed by atoms with Gasteiger partial charge in [0.15, 0.2) is 0 Å². The first-order valence-corrected chi connectivity index (χ1v) is 10.5. The van der Waals surface area contributed by atoms with Gasteiger partial charge in [0.1, 0.15) is 0 Å². The molecule has 144 valence electrons. The minimum atomic E-state index is 0.448. The van der Waals surface area contributed by atoms with E-state index < -0.39 is 0 Å². The number of anilines is 1. The van der Waals surface area contributed by atoms with Crippen LogP contribution in [0.3, 0.4) is 0 Å². The molecule has 0 aromatic carbocycles. The second-order valence-electron chi connectivity index (χ2n) is 8.66. The molecule has 2 aliphatic heterocycles. The summed E-state index contributed by atoms with van der Waals surface area (Å²) in [6, 6.07) is 0.774. The Morgan fingerprint density at radius 1 is 1.08 bits per heavy atom. The molecule has 3 heterocycles. The van der Waals surface area contributed by atoms with Gasteiger partial charge in [-0.2, -0.15) is 0 Å². The lowest BCUT2D eigenvalue weighted by atomic mass is 9.79. The molecule has 1 spiro atoms. The normalized spacial score (nSPS) is 33.1. The number of likely N-dealkylation sites (tertiary alicyclic amines) is 1. The summed E-state index contributed by atoms with van der Waals surface area (Å²) in [6.45, 7) is 6.92. The number of rotatable bonds is 4. The van der Waals surface area contributed by atoms with Crippen LogP contribution in [0, 0.1) is 5.41 Å². The van der Waals surface area contributed by atoms with Crippen LogP contribution in [0.2, 0.25) is 0 Å². The SMILES string of the molecule is CCc1cnc(N2CCC[C@]3(CCN([C@H]4CC[C@H](OC)CC4)C3)C2)nc1. The Hall–Kier alpha value is -1.20. The maximum absolute atomic E-state index is 5.55. The van der Waals surface area contributed by atoms with E-state index in [1.807, 2.05) is 19.5 Å². The molecule has 3 aliphatic rings. The van der Waals surface area contributed by atoms with Crippen LogP contribution in [0.25, 0.3) is 0 Å². The molecular formula is C21H34N4O. The van der Waals surface area contributed by atoms with Gasteiger partial charge in [0.2, 0.25) is 5.95 Å². The zero-order valence-electron chi connectivity index (χ0n) is 16.5. The molecule has 1 aliphatic carbocycles. The van der Waals surface area contributed by atoms with Crippen molar-refractivity contribution in [2.45, 2.75) is 70.4 Å². The maximum Gasteiger partial charge on any atom is 0.225 e. The Morgan fingerprint density at radius 3 is 2.54 bits per heavy atom. The van der Waals surface area contributed by atoms with Crippen LogP contribution in [0.1, 0.15) is 57.4 Å². The van der Waals surface area contributed by atoms with Crippen molar-refractivity contribution in [3.8, 4) is 0 Å². The second-order valence-corrected chi connectivity index (χ2v) is 8.66. The average molecular weight is 359 g/mol. The summed E-state index contributed by atoms with van der Waals surface area (Å²) in [5.41, 5.74) is 1.67. The first-order chi connectivity index (χ1) is 12.7. The van der Waals surface area contributed by atoms with Crippen LogP contribution in [-0.4, -0.2) is 60.3 Å². The van der Waals surface area contributed by atoms with Crippen molar-refractivity contribution in [2.75, 3.05) is 38.2 Å². The quantitative estimate of drug-likeness (QED) is 0.826. The summed E-state index contributed by atoms with van der Waals surface area (Å²) in [7, 11) is 1.86. The van der Waals surface area contributed by atoms with Gasteiger partial charge in [-0.15, -0.1) is 0 Å². The smallest absolute Gasteiger partial charge is 0.225 e. The number of hydrogen-bond donors (Lipinski definition) is 0. The van der Waals surface area contributed by atoms with Gasteiger partial charge in [0.05, 0.1) is 6.10 Å². The molecule has 0 bridgehead atoms. The van der Waals surface area contributed by atoms with E-state index in [4.69, 9.17) is 4.74 Å². The summed E-state index contributed by atoms with van der Waals surface area (Å²) in [5, 5.41) is 0. The van der Waals surface area contributed by atoms with Gasteiger partial charge < -0.3 is 9.64 Å². The zero-order valence-corrected chi connectivity index (χ0v) is 16.5. The van der Waals surface area contributed by atoms with Crippen LogP contribution in [-0.2, 0) is 11.2 Å². The highest BCUT2D eigenvalue weighted by molar-refractivity contribution is 5.32. The number of piperidine rings is 1. The van der Waals surface area contributed by atoms with Crippen molar-refractivity contribution in [3.63, 3.8) is 0 Å². The third-order valence-corrected chi connectivity index (χ3v) is 7.01. The van der Waals surface area contributed by atoms with E-state index in [1.54, 1.807) is 0 Å². The molecule has 0 amide bonds. The van der Waals surface area contributed by atoms with Gasteiger partial charge in [0, 0.05) is 50.6 Å². The summed E-state index contributed by atoms with van der Waals surface area (Å²) in [4.78, 5) is 14.5. The first kappa shape index (κ1) is 18.2. The highest BCUT2D eigenvalue weighted by Gasteiger charge is 2.44. The summed E-state index contributed by atoms with van der Waals surface area (Å²) in [5.74, 6) is 0.931. The fourth-order valence-corrected chi connectivity index (χ4v) is 5.33. The van der Waals surface area contributed by atoms with E-state index in [2.05, 4.69) is 26.7 Å². The lowest BCUT2D eigenvalue weighted by molar-refractivity contribution is 0.0406. The average Bonchev–Trinajstić information content (AvgIpc) is 3.11. The molecular weight excluding hydrogens is 324 g/mol. The maximum atomic E-state index is 5.55. The molecule has 5 heteroatoms. The number of aryl methyl sites for hydroxylation is 1. The molecule has 0 N–H and O–H groups in total. The largest absolute Gasteiger partial charge is 0.381 e. The Labute approximate surface area is 158 Å². The predicted molar refractivity (Wildman–Crippen MR) is 105 cm³/mol. The van der Waals surface area contributed by atoms with E-state index in [9.17, 15) is 0 Å². The van der Waals surface area contributed by atoms with Gasteiger partial charge in [-0.3, -0.25) is 4.90 Å². The molecule has 2 saturated heterocycles. The van der Waals surface area contributed by atoms with Crippen LogP contribution >= 0.6 is 0 Å². The molecule has 0 unspecified atom stereocenters. The molecule has 1 aromatic heterocycles. The third kappa shape index (κ3) is 3.74. The number of aromatic nitrogens is 2. The Balaban J connectivity index is 1.38. The fourth-order valence-electron chi connectivity index (χ4n) is 5.33. The molecule has 4 rings (SSSR count). The molecule has 3 fully saturated rings. The number of hydrogen-bond acceptors (Lipinski definition) is 5. The van der Waals surface area contributed by atoms with Crippen molar-refractivity contribution >= 4 is 5.95 Å². The lowest BCUT2D eigenvalue weighted by Crippen LogP contribution is -2.47. The second kappa shape index (κ2) is 7.81. The highest BCUT2D eigenvalue weighted by Crippen LogP contribution is 2.42. The number of nitrogens with zero attached hydrogens (tertiary/aromatic N) is 4. The zero-order chi connectivity index (χ0) is 18.0. The van der Waals surface area contributed by atoms with E-state index in [0.29, 0.717) is 11.5 Å². The predicted octanol–water partition coefficient (Wildman–Crippen LogP) is 3.29. The lowest BCUT2D eigenvalue weighted by Gasteiger charge is -2.41. The first-order valence-electron chi connectivity index (χ1n) is 10.5. The molecule has 1 aromatic rings. The van der Waals surface area contributed by atoms with Crippen molar-refractivity contribution in [3.05, 3.63) is 18.0 Å². The van der Waals surface area contributed by atoms with Gasteiger partial charge >= 0.3 is 0 Å². The monoisotopic (exact) mass is 358 g/mol. The summed E-state index contributed by atoms with van der Waals surface area (Å²) < 4.78 is 5.55. The van der Waals surface area contributed by atoms with Gasteiger partial charge in [-0.1, -0.05) is 6.92 Å². The van der Waals surface area contributed by atoms with Crippen LogP contribution in [0.15, 0.2) is 12.4 Å². The minimum absolute atomic E-state index is 0.448. The van der Waals surface area contributed by atoms with Crippen molar-refractivity contribution < 1.29 is 4.74 Å². The number of methoxy groups -OCH3 is 1. The van der Waals surface area contributed by atoms with Crippen LogP contribution in [0.4, 0.5) is 5.95 Å². The van der Waals surface area contributed by atoms with E-state index >= 15 is 0 Å². The Kier molecular flexibility index (Phi) is 5.46. The van der Waals surface area contributed by atoms with E-state index in [1.165, 1.54) is 63.6 Å². The molecule has 1 saturated carbocycles. The van der Waals surface area contributed by atoms with Crippen LogP contribution in [0.5, 0.6) is 0 Å². The van der Waals surface area contributed by atoms with E-state index in [-0.39, 0.29) is 0 Å². The Bertz CT molecular complexity index is 584. The Morgan fingerprint density at radius 2 is 1.85 bits per heavy atom. The van der Waals surface area contributed by atoms with Crippen molar-refractivity contribution in [2.24, 2.45) is 5.41 Å². The van der Waals surface area contributed by atoms with Crippen molar-refractivity contribution in [1.29, 1.82) is 0 Å².